The molecule has 2 saturated heterocycles. The molecule has 2 amide bonds. The molecule has 2 aliphatic heterocycles. The SMILES string of the molecule is CCCOCC(=O)N1CCN(CC(=O)N(C)C)[C@@H]2CS(=O)(=O)C[C@@H]21. The highest BCUT2D eigenvalue weighted by molar-refractivity contribution is 7.91. The van der Waals surface area contributed by atoms with Crippen LogP contribution in [-0.4, -0.2) is 105 Å². The molecule has 0 aromatic rings. The van der Waals surface area contributed by atoms with Crippen molar-refractivity contribution in [2.45, 2.75) is 25.4 Å². The van der Waals surface area contributed by atoms with E-state index < -0.39 is 15.9 Å². The van der Waals surface area contributed by atoms with Crippen molar-refractivity contribution in [1.29, 1.82) is 0 Å². The first-order valence-corrected chi connectivity index (χ1v) is 10.1. The second-order valence-electron chi connectivity index (χ2n) is 6.61. The van der Waals surface area contributed by atoms with Gasteiger partial charge in [-0.1, -0.05) is 6.92 Å². The van der Waals surface area contributed by atoms with Gasteiger partial charge in [0.2, 0.25) is 11.8 Å². The summed E-state index contributed by atoms with van der Waals surface area (Å²) in [7, 11) is 0.143. The van der Waals surface area contributed by atoms with Crippen LogP contribution >= 0.6 is 0 Å². The molecular formula is C15H27N3O5S. The van der Waals surface area contributed by atoms with E-state index in [0.717, 1.165) is 6.42 Å². The smallest absolute Gasteiger partial charge is 0.248 e. The number of hydrogen-bond donors (Lipinski definition) is 0. The summed E-state index contributed by atoms with van der Waals surface area (Å²) < 4.78 is 29.5. The molecule has 0 unspecified atom stereocenters. The molecule has 0 aliphatic carbocycles. The number of hydrogen-bond acceptors (Lipinski definition) is 6. The maximum atomic E-state index is 12.4. The number of rotatable bonds is 6. The lowest BCUT2D eigenvalue weighted by Gasteiger charge is -2.43. The highest BCUT2D eigenvalue weighted by Crippen LogP contribution is 2.27. The average Bonchev–Trinajstić information content (AvgIpc) is 2.82. The molecule has 0 aromatic heterocycles. The molecule has 24 heavy (non-hydrogen) atoms. The van der Waals surface area contributed by atoms with Crippen LogP contribution in [0.2, 0.25) is 0 Å². The molecule has 0 spiro atoms. The van der Waals surface area contributed by atoms with E-state index in [1.165, 1.54) is 4.90 Å². The molecule has 2 aliphatic rings. The lowest BCUT2D eigenvalue weighted by atomic mass is 10.0. The predicted molar refractivity (Wildman–Crippen MR) is 89.3 cm³/mol. The first-order chi connectivity index (χ1) is 11.2. The van der Waals surface area contributed by atoms with Crippen molar-refractivity contribution in [2.24, 2.45) is 0 Å². The highest BCUT2D eigenvalue weighted by Gasteiger charge is 2.48. The van der Waals surface area contributed by atoms with Gasteiger partial charge in [-0.25, -0.2) is 8.42 Å². The molecule has 2 heterocycles. The van der Waals surface area contributed by atoms with Crippen LogP contribution in [0.25, 0.3) is 0 Å². The minimum Gasteiger partial charge on any atom is -0.372 e. The van der Waals surface area contributed by atoms with Crippen molar-refractivity contribution in [3.05, 3.63) is 0 Å². The van der Waals surface area contributed by atoms with E-state index >= 15 is 0 Å². The van der Waals surface area contributed by atoms with Crippen molar-refractivity contribution in [1.82, 2.24) is 14.7 Å². The molecule has 2 rings (SSSR count). The van der Waals surface area contributed by atoms with Crippen LogP contribution < -0.4 is 0 Å². The molecular weight excluding hydrogens is 334 g/mol. The zero-order valence-electron chi connectivity index (χ0n) is 14.6. The Labute approximate surface area is 143 Å². The Hall–Kier alpha value is -1.19. The van der Waals surface area contributed by atoms with E-state index in [1.54, 1.807) is 19.0 Å². The molecule has 0 bridgehead atoms. The molecule has 2 atom stereocenters. The summed E-state index contributed by atoms with van der Waals surface area (Å²) in [6.07, 6.45) is 0.828. The van der Waals surface area contributed by atoms with Gasteiger partial charge >= 0.3 is 0 Å². The molecule has 0 radical (unpaired) electrons. The summed E-state index contributed by atoms with van der Waals surface area (Å²) in [4.78, 5) is 29.4. The monoisotopic (exact) mass is 361 g/mol. The highest BCUT2D eigenvalue weighted by atomic mass is 32.2. The minimum atomic E-state index is -3.21. The number of nitrogens with zero attached hydrogens (tertiary/aromatic N) is 3. The zero-order chi connectivity index (χ0) is 17.9. The maximum absolute atomic E-state index is 12.4. The number of carbonyl (C=O) groups excluding carboxylic acids is 2. The summed E-state index contributed by atoms with van der Waals surface area (Å²) in [6.45, 7) is 3.55. The first-order valence-electron chi connectivity index (χ1n) is 8.27. The van der Waals surface area contributed by atoms with E-state index in [2.05, 4.69) is 0 Å². The fourth-order valence-corrected chi connectivity index (χ4v) is 5.24. The summed E-state index contributed by atoms with van der Waals surface area (Å²) in [6, 6.07) is -0.709. The lowest BCUT2D eigenvalue weighted by Crippen LogP contribution is -2.62. The summed E-state index contributed by atoms with van der Waals surface area (Å²) in [5.74, 6) is -0.278. The fourth-order valence-electron chi connectivity index (χ4n) is 3.23. The van der Waals surface area contributed by atoms with Crippen LogP contribution in [0.15, 0.2) is 0 Å². The van der Waals surface area contributed by atoms with Crippen molar-refractivity contribution < 1.29 is 22.7 Å². The Kier molecular flexibility index (Phi) is 6.22. The van der Waals surface area contributed by atoms with E-state index in [-0.39, 0.29) is 42.5 Å². The van der Waals surface area contributed by atoms with Crippen LogP contribution in [-0.2, 0) is 24.2 Å². The number of piperazine rings is 1. The number of amides is 2. The molecule has 0 saturated carbocycles. The van der Waals surface area contributed by atoms with Crippen LogP contribution in [0.3, 0.4) is 0 Å². The van der Waals surface area contributed by atoms with Gasteiger partial charge in [0.15, 0.2) is 9.84 Å². The van der Waals surface area contributed by atoms with Crippen LogP contribution in [0.5, 0.6) is 0 Å². The predicted octanol–water partition coefficient (Wildman–Crippen LogP) is -1.19. The topological polar surface area (TPSA) is 87.2 Å². The quantitative estimate of drug-likeness (QED) is 0.553. The summed E-state index contributed by atoms with van der Waals surface area (Å²) >= 11 is 0. The van der Waals surface area contributed by atoms with E-state index in [9.17, 15) is 18.0 Å². The van der Waals surface area contributed by atoms with Gasteiger partial charge in [0.25, 0.3) is 0 Å². The number of carbonyl (C=O) groups is 2. The Morgan fingerprint density at radius 2 is 1.83 bits per heavy atom. The summed E-state index contributed by atoms with van der Waals surface area (Å²) in [5, 5.41) is 0. The van der Waals surface area contributed by atoms with Gasteiger partial charge < -0.3 is 14.5 Å². The average molecular weight is 361 g/mol. The normalized spacial score (nSPS) is 26.2. The van der Waals surface area contributed by atoms with Gasteiger partial charge in [0.05, 0.1) is 24.1 Å². The Morgan fingerprint density at radius 1 is 1.17 bits per heavy atom. The Bertz CT molecular complexity index is 578. The number of ether oxygens (including phenoxy) is 1. The fraction of sp³-hybridized carbons (Fsp3) is 0.867. The third-order valence-corrected chi connectivity index (χ3v) is 6.22. The van der Waals surface area contributed by atoms with E-state index in [4.69, 9.17) is 4.74 Å². The zero-order valence-corrected chi connectivity index (χ0v) is 15.4. The molecule has 0 N–H and O–H groups in total. The molecule has 8 nitrogen and oxygen atoms in total. The standard InChI is InChI=1S/C15H27N3O5S/c1-4-7-23-9-15(20)18-6-5-17(8-14(19)16(2)3)12-10-24(21,22)11-13(12)18/h12-13H,4-11H2,1-3H3/t12-,13+/m1/s1. The molecule has 0 aromatic carbocycles. The number of fused-ring (bicyclic) bond motifs is 1. The maximum Gasteiger partial charge on any atom is 0.248 e. The van der Waals surface area contributed by atoms with Gasteiger partial charge in [-0.05, 0) is 6.42 Å². The Balaban J connectivity index is 2.09. The minimum absolute atomic E-state index is 0.00201. The molecule has 2 fully saturated rings. The lowest BCUT2D eigenvalue weighted by molar-refractivity contribution is -0.143. The van der Waals surface area contributed by atoms with Crippen molar-refractivity contribution >= 4 is 21.7 Å². The second-order valence-corrected chi connectivity index (χ2v) is 8.76. The van der Waals surface area contributed by atoms with Gasteiger partial charge in [0, 0.05) is 39.8 Å². The van der Waals surface area contributed by atoms with Crippen LogP contribution in [0.4, 0.5) is 0 Å². The number of sulfone groups is 1. The van der Waals surface area contributed by atoms with Gasteiger partial charge in [-0.2, -0.15) is 0 Å². The molecule has 138 valence electrons. The van der Waals surface area contributed by atoms with Gasteiger partial charge in [-0.15, -0.1) is 0 Å². The number of likely N-dealkylation sites (N-methyl/N-ethyl adjacent to an activating group) is 1. The van der Waals surface area contributed by atoms with Crippen molar-refractivity contribution in [3.63, 3.8) is 0 Å². The van der Waals surface area contributed by atoms with Crippen LogP contribution in [0.1, 0.15) is 13.3 Å². The third kappa shape index (κ3) is 4.46. The van der Waals surface area contributed by atoms with E-state index in [1.807, 2.05) is 11.8 Å². The second kappa shape index (κ2) is 7.79. The van der Waals surface area contributed by atoms with Crippen molar-refractivity contribution in [2.75, 3.05) is 58.4 Å². The molecule has 9 heteroatoms. The summed E-state index contributed by atoms with van der Waals surface area (Å²) in [5.41, 5.74) is 0. The van der Waals surface area contributed by atoms with E-state index in [0.29, 0.717) is 19.7 Å². The third-order valence-electron chi connectivity index (χ3n) is 4.52. The van der Waals surface area contributed by atoms with Crippen molar-refractivity contribution in [3.8, 4) is 0 Å². The van der Waals surface area contributed by atoms with Crippen LogP contribution in [0, 0.1) is 0 Å². The van der Waals surface area contributed by atoms with Gasteiger partial charge in [-0.3, -0.25) is 14.5 Å². The largest absolute Gasteiger partial charge is 0.372 e. The first kappa shape index (κ1) is 19.1. The van der Waals surface area contributed by atoms with Gasteiger partial charge in [0.1, 0.15) is 6.61 Å². The Morgan fingerprint density at radius 3 is 2.46 bits per heavy atom.